The van der Waals surface area contributed by atoms with Gasteiger partial charge in [0.25, 0.3) is 0 Å². The van der Waals surface area contributed by atoms with Crippen LogP contribution in [0.2, 0.25) is 0 Å². The molecule has 0 fully saturated rings. The highest BCUT2D eigenvalue weighted by Crippen LogP contribution is 2.13. The molecule has 20 heavy (non-hydrogen) atoms. The third kappa shape index (κ3) is 5.53. The molecule has 0 radical (unpaired) electrons. The fourth-order valence-corrected chi connectivity index (χ4v) is 1.59. The van der Waals surface area contributed by atoms with Gasteiger partial charge in [-0.3, -0.25) is 9.59 Å². The van der Waals surface area contributed by atoms with Crippen molar-refractivity contribution in [1.82, 2.24) is 5.32 Å². The summed E-state index contributed by atoms with van der Waals surface area (Å²) in [4.78, 5) is 23.2. The third-order valence-corrected chi connectivity index (χ3v) is 2.69. The molecule has 0 aliphatic rings. The van der Waals surface area contributed by atoms with Crippen LogP contribution in [-0.2, 0) is 9.59 Å². The number of rotatable bonds is 6. The first-order valence-electron chi connectivity index (χ1n) is 6.58. The highest BCUT2D eigenvalue weighted by atomic mass is 16.2. The molecular weight excluding hydrogens is 254 g/mol. The predicted octanol–water partition coefficient (Wildman–Crippen LogP) is 2.05. The monoisotopic (exact) mass is 273 g/mol. The Bertz CT molecular complexity index is 518. The minimum absolute atomic E-state index is 0.238. The summed E-state index contributed by atoms with van der Waals surface area (Å²) in [7, 11) is 0. The number of carbonyl (C=O) groups is 2. The van der Waals surface area contributed by atoms with Gasteiger partial charge in [-0.15, -0.1) is 0 Å². The van der Waals surface area contributed by atoms with Crippen LogP contribution in [0.1, 0.15) is 32.3 Å². The van der Waals surface area contributed by atoms with Crippen LogP contribution >= 0.6 is 0 Å². The Morgan fingerprint density at radius 3 is 2.60 bits per heavy atom. The Kier molecular flexibility index (Phi) is 6.24. The van der Waals surface area contributed by atoms with Gasteiger partial charge >= 0.3 is 0 Å². The Morgan fingerprint density at radius 1 is 1.25 bits per heavy atom. The highest BCUT2D eigenvalue weighted by molar-refractivity contribution is 6.04. The second kappa shape index (κ2) is 7.95. The quantitative estimate of drug-likeness (QED) is 0.778. The summed E-state index contributed by atoms with van der Waals surface area (Å²) in [5.41, 5.74) is 0.802. The molecule has 0 bridgehead atoms. The van der Waals surface area contributed by atoms with Crippen LogP contribution in [0.4, 0.5) is 5.69 Å². The van der Waals surface area contributed by atoms with E-state index >= 15 is 0 Å². The van der Waals surface area contributed by atoms with Crippen molar-refractivity contribution >= 4 is 17.5 Å². The van der Waals surface area contributed by atoms with Crippen molar-refractivity contribution in [2.24, 2.45) is 5.92 Å². The zero-order valence-electron chi connectivity index (χ0n) is 11.8. The maximum absolute atomic E-state index is 11.7. The van der Waals surface area contributed by atoms with Crippen molar-refractivity contribution in [2.75, 3.05) is 11.9 Å². The van der Waals surface area contributed by atoms with E-state index in [0.29, 0.717) is 23.7 Å². The van der Waals surface area contributed by atoms with E-state index in [1.165, 1.54) is 0 Å². The average molecular weight is 273 g/mol. The Labute approximate surface area is 119 Å². The van der Waals surface area contributed by atoms with Gasteiger partial charge in [-0.2, -0.15) is 5.26 Å². The van der Waals surface area contributed by atoms with Crippen LogP contribution in [0, 0.1) is 17.2 Å². The number of para-hydroxylation sites is 1. The van der Waals surface area contributed by atoms with E-state index in [4.69, 9.17) is 5.26 Å². The number of nitrogens with one attached hydrogen (secondary N) is 2. The summed E-state index contributed by atoms with van der Waals surface area (Å²) in [6.45, 7) is 4.70. The average Bonchev–Trinajstić information content (AvgIpc) is 2.38. The van der Waals surface area contributed by atoms with Crippen molar-refractivity contribution in [3.05, 3.63) is 29.8 Å². The minimum Gasteiger partial charge on any atom is -0.356 e. The summed E-state index contributed by atoms with van der Waals surface area (Å²) in [5.74, 6) is -0.223. The number of carbonyl (C=O) groups excluding carboxylic acids is 2. The van der Waals surface area contributed by atoms with Gasteiger partial charge in [0, 0.05) is 6.54 Å². The van der Waals surface area contributed by atoms with E-state index in [9.17, 15) is 9.59 Å². The van der Waals surface area contributed by atoms with Gasteiger partial charge < -0.3 is 10.6 Å². The number of hydrogen-bond acceptors (Lipinski definition) is 3. The number of nitrogens with zero attached hydrogens (tertiary/aromatic N) is 1. The van der Waals surface area contributed by atoms with Gasteiger partial charge in [0.05, 0.1) is 11.3 Å². The zero-order valence-corrected chi connectivity index (χ0v) is 11.8. The maximum Gasteiger partial charge on any atom is 0.233 e. The van der Waals surface area contributed by atoms with Crippen LogP contribution < -0.4 is 10.6 Å². The summed E-state index contributed by atoms with van der Waals surface area (Å²) in [6.07, 6.45) is 0.641. The van der Waals surface area contributed by atoms with E-state index in [0.717, 1.165) is 6.42 Å². The molecule has 0 spiro atoms. The van der Waals surface area contributed by atoms with Gasteiger partial charge in [0.2, 0.25) is 11.8 Å². The summed E-state index contributed by atoms with van der Waals surface area (Å²) in [6, 6.07) is 8.66. The second-order valence-corrected chi connectivity index (χ2v) is 4.91. The van der Waals surface area contributed by atoms with Gasteiger partial charge in [0.15, 0.2) is 0 Å². The van der Waals surface area contributed by atoms with Crippen molar-refractivity contribution in [2.45, 2.75) is 26.7 Å². The maximum atomic E-state index is 11.7. The van der Waals surface area contributed by atoms with Crippen molar-refractivity contribution in [1.29, 1.82) is 5.26 Å². The molecule has 1 rings (SSSR count). The smallest absolute Gasteiger partial charge is 0.233 e. The molecule has 0 aliphatic carbocycles. The molecule has 5 nitrogen and oxygen atoms in total. The highest BCUT2D eigenvalue weighted by Gasteiger charge is 2.11. The molecule has 0 saturated carbocycles. The molecule has 0 aromatic heterocycles. The first-order valence-corrected chi connectivity index (χ1v) is 6.58. The number of hydrogen-bond donors (Lipinski definition) is 2. The Hall–Kier alpha value is -2.35. The van der Waals surface area contributed by atoms with Gasteiger partial charge in [-0.25, -0.2) is 0 Å². The number of amides is 2. The lowest BCUT2D eigenvalue weighted by Crippen LogP contribution is -2.29. The second-order valence-electron chi connectivity index (χ2n) is 4.91. The zero-order chi connectivity index (χ0) is 15.0. The van der Waals surface area contributed by atoms with Crippen LogP contribution in [0.15, 0.2) is 24.3 Å². The lowest BCUT2D eigenvalue weighted by molar-refractivity contribution is -0.126. The van der Waals surface area contributed by atoms with Crippen LogP contribution in [0.5, 0.6) is 0 Å². The molecule has 0 saturated heterocycles. The van der Waals surface area contributed by atoms with Gasteiger partial charge in [-0.1, -0.05) is 26.0 Å². The fourth-order valence-electron chi connectivity index (χ4n) is 1.59. The molecule has 0 unspecified atom stereocenters. The number of nitriles is 1. The lowest BCUT2D eigenvalue weighted by atomic mass is 10.1. The van der Waals surface area contributed by atoms with Gasteiger partial charge in [0.1, 0.15) is 12.5 Å². The third-order valence-electron chi connectivity index (χ3n) is 2.69. The first kappa shape index (κ1) is 15.7. The van der Waals surface area contributed by atoms with Crippen LogP contribution in [0.3, 0.4) is 0 Å². The van der Waals surface area contributed by atoms with Crippen molar-refractivity contribution < 1.29 is 9.59 Å². The summed E-state index contributed by atoms with van der Waals surface area (Å²) < 4.78 is 0. The molecule has 2 amide bonds. The topological polar surface area (TPSA) is 82.0 Å². The van der Waals surface area contributed by atoms with Crippen LogP contribution in [-0.4, -0.2) is 18.4 Å². The van der Waals surface area contributed by atoms with E-state index in [1.807, 2.05) is 6.07 Å². The van der Waals surface area contributed by atoms with E-state index in [2.05, 4.69) is 24.5 Å². The van der Waals surface area contributed by atoms with E-state index < -0.39 is 5.91 Å². The number of anilines is 1. The summed E-state index contributed by atoms with van der Waals surface area (Å²) >= 11 is 0. The van der Waals surface area contributed by atoms with Crippen LogP contribution in [0.25, 0.3) is 0 Å². The SMILES string of the molecule is CC(C)CCNC(=O)CC(=O)Nc1ccccc1C#N. The van der Waals surface area contributed by atoms with Crippen molar-refractivity contribution in [3.8, 4) is 6.07 Å². The molecule has 5 heteroatoms. The van der Waals surface area contributed by atoms with E-state index in [-0.39, 0.29) is 12.3 Å². The lowest BCUT2D eigenvalue weighted by Gasteiger charge is -2.08. The standard InChI is InChI=1S/C15H19N3O2/c1-11(2)7-8-17-14(19)9-15(20)18-13-6-4-3-5-12(13)10-16/h3-6,11H,7-9H2,1-2H3,(H,17,19)(H,18,20). The van der Waals surface area contributed by atoms with E-state index in [1.54, 1.807) is 24.3 Å². The van der Waals surface area contributed by atoms with Gasteiger partial charge in [-0.05, 0) is 24.5 Å². The molecule has 1 aromatic carbocycles. The molecular formula is C15H19N3O2. The van der Waals surface area contributed by atoms with Crippen molar-refractivity contribution in [3.63, 3.8) is 0 Å². The molecule has 1 aromatic rings. The molecule has 0 atom stereocenters. The molecule has 106 valence electrons. The normalized spacial score (nSPS) is 9.90. The fraction of sp³-hybridized carbons (Fsp3) is 0.400. The minimum atomic E-state index is -0.422. The summed E-state index contributed by atoms with van der Waals surface area (Å²) in [5, 5.41) is 14.2. The number of benzene rings is 1. The molecule has 0 heterocycles. The first-order chi connectivity index (χ1) is 9.52. The molecule has 2 N–H and O–H groups in total. The Morgan fingerprint density at radius 2 is 1.95 bits per heavy atom. The largest absolute Gasteiger partial charge is 0.356 e. The Balaban J connectivity index is 2.44. The predicted molar refractivity (Wildman–Crippen MR) is 76.9 cm³/mol. The molecule has 0 aliphatic heterocycles.